The van der Waals surface area contributed by atoms with Crippen molar-refractivity contribution in [3.8, 4) is 5.75 Å². The summed E-state index contributed by atoms with van der Waals surface area (Å²) in [6, 6.07) is 8.67. The number of hydrogen-bond acceptors (Lipinski definition) is 5. The number of amides is 1. The van der Waals surface area contributed by atoms with Crippen LogP contribution in [-0.2, 0) is 21.2 Å². The Hall–Kier alpha value is -2.98. The number of hydrogen-bond donors (Lipinski definition) is 2. The first-order valence-corrected chi connectivity index (χ1v) is 10.9. The molecule has 0 radical (unpaired) electrons. The minimum Gasteiger partial charge on any atom is -0.487 e. The maximum Gasteiger partial charge on any atom is 0.240 e. The summed E-state index contributed by atoms with van der Waals surface area (Å²) in [7, 11) is -3.81. The smallest absolute Gasteiger partial charge is 0.240 e. The molecule has 1 atom stereocenters. The van der Waals surface area contributed by atoms with E-state index in [0.717, 1.165) is 0 Å². The zero-order chi connectivity index (χ0) is 21.5. The lowest BCUT2D eigenvalue weighted by molar-refractivity contribution is -0.117. The topological polar surface area (TPSA) is 104 Å². The summed E-state index contributed by atoms with van der Waals surface area (Å²) in [5.74, 6) is 0.463. The van der Waals surface area contributed by atoms with Gasteiger partial charge in [-0.3, -0.25) is 4.79 Å². The zero-order valence-electron chi connectivity index (χ0n) is 16.5. The van der Waals surface area contributed by atoms with E-state index in [1.165, 1.54) is 36.1 Å². The lowest BCUT2D eigenvalue weighted by Gasteiger charge is -2.33. The Labute approximate surface area is 173 Å². The summed E-state index contributed by atoms with van der Waals surface area (Å²) >= 11 is 0. The molecule has 1 unspecified atom stereocenters. The number of sulfonamides is 1. The van der Waals surface area contributed by atoms with Gasteiger partial charge >= 0.3 is 0 Å². The van der Waals surface area contributed by atoms with Crippen molar-refractivity contribution in [3.63, 3.8) is 0 Å². The van der Waals surface area contributed by atoms with E-state index >= 15 is 0 Å². The van der Waals surface area contributed by atoms with Crippen LogP contribution in [0.3, 0.4) is 0 Å². The fraction of sp³-hybridized carbons (Fsp3) is 0.300. The number of anilines is 1. The summed E-state index contributed by atoms with van der Waals surface area (Å²) in [5, 5.41) is 0. The van der Waals surface area contributed by atoms with Gasteiger partial charge in [-0.1, -0.05) is 0 Å². The van der Waals surface area contributed by atoms with E-state index in [-0.39, 0.29) is 29.3 Å². The number of H-pyrrole nitrogens is 1. The summed E-state index contributed by atoms with van der Waals surface area (Å²) in [6.07, 6.45) is 0.125. The summed E-state index contributed by atoms with van der Waals surface area (Å²) in [4.78, 5) is 20.8. The molecule has 0 saturated heterocycles. The van der Waals surface area contributed by atoms with Crippen LogP contribution in [0.1, 0.15) is 19.7 Å². The van der Waals surface area contributed by atoms with Crippen LogP contribution in [0.2, 0.25) is 0 Å². The molecule has 2 N–H and O–H groups in total. The first kappa shape index (κ1) is 20.3. The van der Waals surface area contributed by atoms with Gasteiger partial charge in [-0.05, 0) is 43.3 Å². The number of imidazole rings is 1. The van der Waals surface area contributed by atoms with Gasteiger partial charge in [-0.2, -0.15) is 0 Å². The van der Waals surface area contributed by atoms with Crippen LogP contribution < -0.4 is 14.4 Å². The van der Waals surface area contributed by atoms with Gasteiger partial charge in [0.05, 0.1) is 28.2 Å². The highest BCUT2D eigenvalue weighted by molar-refractivity contribution is 7.89. The molecular weight excluding hydrogens is 411 g/mol. The van der Waals surface area contributed by atoms with E-state index in [9.17, 15) is 17.6 Å². The molecule has 0 bridgehead atoms. The van der Waals surface area contributed by atoms with Gasteiger partial charge in [0.1, 0.15) is 23.5 Å². The third-order valence-electron chi connectivity index (χ3n) is 4.83. The van der Waals surface area contributed by atoms with E-state index in [4.69, 9.17) is 4.74 Å². The fourth-order valence-corrected chi connectivity index (χ4v) is 4.47. The Balaban J connectivity index is 1.49. The fourth-order valence-electron chi connectivity index (χ4n) is 3.42. The van der Waals surface area contributed by atoms with Crippen LogP contribution in [0.5, 0.6) is 5.75 Å². The van der Waals surface area contributed by atoms with Crippen molar-refractivity contribution in [1.29, 1.82) is 0 Å². The normalized spacial score (nSPS) is 16.4. The molecule has 2 aromatic carbocycles. The number of halogens is 1. The van der Waals surface area contributed by atoms with Crippen LogP contribution in [0, 0.1) is 5.82 Å². The third kappa shape index (κ3) is 4.01. The molecule has 0 fully saturated rings. The Morgan fingerprint density at radius 3 is 2.90 bits per heavy atom. The largest absolute Gasteiger partial charge is 0.487 e. The van der Waals surface area contributed by atoms with Gasteiger partial charge < -0.3 is 14.6 Å². The average Bonchev–Trinajstić information content (AvgIpc) is 3.08. The molecule has 158 valence electrons. The number of aromatic nitrogens is 2. The van der Waals surface area contributed by atoms with Gasteiger partial charge in [0.2, 0.25) is 15.9 Å². The number of carbonyl (C=O) groups excluding carboxylic acids is 1. The molecule has 2 heterocycles. The van der Waals surface area contributed by atoms with Gasteiger partial charge in [0.25, 0.3) is 0 Å². The van der Waals surface area contributed by atoms with Crippen molar-refractivity contribution in [2.45, 2.75) is 31.3 Å². The molecule has 1 aliphatic rings. The molecule has 10 heteroatoms. The lowest BCUT2D eigenvalue weighted by Crippen LogP contribution is -2.41. The number of nitrogens with zero attached hydrogens (tertiary/aromatic N) is 2. The minimum absolute atomic E-state index is 0.0392. The van der Waals surface area contributed by atoms with E-state index in [1.54, 1.807) is 12.1 Å². The highest BCUT2D eigenvalue weighted by Gasteiger charge is 2.27. The third-order valence-corrected chi connectivity index (χ3v) is 6.29. The first-order valence-electron chi connectivity index (χ1n) is 9.45. The first-order chi connectivity index (χ1) is 14.2. The molecule has 0 spiro atoms. The van der Waals surface area contributed by atoms with Crippen molar-refractivity contribution < 1.29 is 22.3 Å². The molecule has 1 amide bonds. The molecular formula is C20H21FN4O4S. The quantitative estimate of drug-likeness (QED) is 0.644. The standard InChI is InChI=1S/C20H21FN4O4S/c1-12-11-25(13(2)26)18-10-15(4-6-19(18)29-12)30(27,28)22-8-7-20-23-16-5-3-14(21)9-17(16)24-20/h3-6,9-10,12,22H,7-8,11H2,1-2H3,(H,23,24). The van der Waals surface area contributed by atoms with E-state index in [0.29, 0.717) is 41.3 Å². The number of fused-ring (bicyclic) bond motifs is 2. The van der Waals surface area contributed by atoms with E-state index in [2.05, 4.69) is 14.7 Å². The van der Waals surface area contributed by atoms with Gasteiger partial charge in [0, 0.05) is 19.9 Å². The second kappa shape index (κ2) is 7.69. The highest BCUT2D eigenvalue weighted by atomic mass is 32.2. The molecule has 4 rings (SSSR count). The van der Waals surface area contributed by atoms with E-state index in [1.807, 2.05) is 6.92 Å². The monoisotopic (exact) mass is 432 g/mol. The molecule has 1 aromatic heterocycles. The maximum atomic E-state index is 13.3. The summed E-state index contributed by atoms with van der Waals surface area (Å²) in [6.45, 7) is 3.73. The van der Waals surface area contributed by atoms with Gasteiger partial charge in [-0.25, -0.2) is 22.5 Å². The second-order valence-electron chi connectivity index (χ2n) is 7.18. The number of benzene rings is 2. The van der Waals surface area contributed by atoms with Crippen LogP contribution in [0.15, 0.2) is 41.3 Å². The van der Waals surface area contributed by atoms with Crippen molar-refractivity contribution in [3.05, 3.63) is 48.0 Å². The average molecular weight is 432 g/mol. The molecule has 8 nitrogen and oxygen atoms in total. The Morgan fingerprint density at radius 1 is 1.33 bits per heavy atom. The lowest BCUT2D eigenvalue weighted by atomic mass is 10.2. The van der Waals surface area contributed by atoms with Crippen LogP contribution >= 0.6 is 0 Å². The Morgan fingerprint density at radius 2 is 2.13 bits per heavy atom. The zero-order valence-corrected chi connectivity index (χ0v) is 17.3. The Bertz CT molecular complexity index is 1220. The van der Waals surface area contributed by atoms with Crippen LogP contribution in [0.25, 0.3) is 11.0 Å². The van der Waals surface area contributed by atoms with Crippen molar-refractivity contribution in [2.24, 2.45) is 0 Å². The number of carbonyl (C=O) groups is 1. The predicted octanol–water partition coefficient (Wildman–Crippen LogP) is 2.36. The van der Waals surface area contributed by atoms with Crippen LogP contribution in [0.4, 0.5) is 10.1 Å². The van der Waals surface area contributed by atoms with Crippen molar-refractivity contribution in [2.75, 3.05) is 18.0 Å². The molecule has 1 aliphatic heterocycles. The summed E-state index contributed by atoms with van der Waals surface area (Å²) in [5.41, 5.74) is 1.60. The summed E-state index contributed by atoms with van der Waals surface area (Å²) < 4.78 is 47.0. The Kier molecular flexibility index (Phi) is 5.20. The SMILES string of the molecule is CC(=O)N1CC(C)Oc2ccc(S(=O)(=O)NCCc3nc4ccc(F)cc4[nH]3)cc21. The highest BCUT2D eigenvalue weighted by Crippen LogP contribution is 2.35. The second-order valence-corrected chi connectivity index (χ2v) is 8.95. The number of ether oxygens (including phenoxy) is 1. The molecule has 0 aliphatic carbocycles. The maximum absolute atomic E-state index is 13.3. The predicted molar refractivity (Wildman–Crippen MR) is 110 cm³/mol. The molecule has 30 heavy (non-hydrogen) atoms. The number of rotatable bonds is 5. The van der Waals surface area contributed by atoms with E-state index < -0.39 is 10.0 Å². The van der Waals surface area contributed by atoms with Gasteiger partial charge in [0.15, 0.2) is 0 Å². The number of aromatic amines is 1. The van der Waals surface area contributed by atoms with Crippen molar-refractivity contribution in [1.82, 2.24) is 14.7 Å². The van der Waals surface area contributed by atoms with Crippen molar-refractivity contribution >= 4 is 32.7 Å². The number of nitrogens with one attached hydrogen (secondary N) is 2. The molecule has 3 aromatic rings. The molecule has 0 saturated carbocycles. The minimum atomic E-state index is -3.81. The van der Waals surface area contributed by atoms with Crippen LogP contribution in [-0.4, -0.2) is 43.5 Å². The van der Waals surface area contributed by atoms with Gasteiger partial charge in [-0.15, -0.1) is 0 Å².